The molecule has 0 atom stereocenters. The Bertz CT molecular complexity index is 982. The minimum Gasteiger partial charge on any atom is -0.318 e. The molecule has 0 aliphatic heterocycles. The van der Waals surface area contributed by atoms with E-state index < -0.39 is 17.6 Å². The van der Waals surface area contributed by atoms with Gasteiger partial charge in [0, 0.05) is 17.0 Å². The lowest BCUT2D eigenvalue weighted by atomic mass is 10.1. The number of para-hydroxylation sites is 2. The Balaban J connectivity index is 1.63. The second-order valence-electron chi connectivity index (χ2n) is 5.93. The van der Waals surface area contributed by atoms with E-state index in [0.29, 0.717) is 6.42 Å². The quantitative estimate of drug-likeness (QED) is 0.660. The van der Waals surface area contributed by atoms with Crippen LogP contribution < -0.4 is 10.9 Å². The van der Waals surface area contributed by atoms with Crippen molar-refractivity contribution in [3.05, 3.63) is 64.7 Å². The van der Waals surface area contributed by atoms with E-state index in [1.807, 2.05) is 31.2 Å². The fourth-order valence-corrected chi connectivity index (χ4v) is 3.03. The van der Waals surface area contributed by atoms with Gasteiger partial charge in [-0.15, -0.1) is 0 Å². The van der Waals surface area contributed by atoms with Gasteiger partial charge in [-0.05, 0) is 24.3 Å². The number of fused-ring (bicyclic) bond motifs is 1. The van der Waals surface area contributed by atoms with Crippen molar-refractivity contribution in [1.29, 1.82) is 0 Å². The van der Waals surface area contributed by atoms with Gasteiger partial charge in [0.05, 0.1) is 17.5 Å². The summed E-state index contributed by atoms with van der Waals surface area (Å²) in [6.45, 7) is 1.96. The van der Waals surface area contributed by atoms with Crippen LogP contribution >= 0.6 is 11.6 Å². The fourth-order valence-electron chi connectivity index (χ4n) is 2.80. The summed E-state index contributed by atoms with van der Waals surface area (Å²) in [5.74, 6) is -0.778. The van der Waals surface area contributed by atoms with Crippen LogP contribution in [0.5, 0.6) is 0 Å². The standard InChI is InChI=1S/C19H18ClFN4O2/c1-2-17-22-15-8-3-4-9-16(15)25(17)11-19(27)24-23-18(26)10-12-13(20)6-5-7-14(12)21/h3-9H,2,10-11H2,1H3,(H,23,26)(H,24,27). The molecule has 8 heteroatoms. The first-order valence-corrected chi connectivity index (χ1v) is 8.82. The van der Waals surface area contributed by atoms with E-state index in [4.69, 9.17) is 11.6 Å². The maximum atomic E-state index is 13.7. The molecule has 1 aromatic heterocycles. The fraction of sp³-hybridized carbons (Fsp3) is 0.211. The van der Waals surface area contributed by atoms with Crippen LogP contribution in [-0.4, -0.2) is 21.4 Å². The molecule has 0 unspecified atom stereocenters. The highest BCUT2D eigenvalue weighted by Crippen LogP contribution is 2.19. The molecule has 0 fully saturated rings. The van der Waals surface area contributed by atoms with Crippen LogP contribution in [0, 0.1) is 5.82 Å². The topological polar surface area (TPSA) is 76.0 Å². The summed E-state index contributed by atoms with van der Waals surface area (Å²) in [6, 6.07) is 11.7. The van der Waals surface area contributed by atoms with Crippen molar-refractivity contribution >= 4 is 34.4 Å². The second-order valence-corrected chi connectivity index (χ2v) is 6.34. The van der Waals surface area contributed by atoms with Crippen LogP contribution in [0.4, 0.5) is 4.39 Å². The van der Waals surface area contributed by atoms with Crippen LogP contribution in [0.3, 0.4) is 0 Å². The number of nitrogens with one attached hydrogen (secondary N) is 2. The lowest BCUT2D eigenvalue weighted by Gasteiger charge is -2.11. The number of amides is 2. The van der Waals surface area contributed by atoms with Crippen molar-refractivity contribution in [3.8, 4) is 0 Å². The van der Waals surface area contributed by atoms with Gasteiger partial charge in [0.25, 0.3) is 5.91 Å². The minimum atomic E-state index is -0.568. The smallest absolute Gasteiger partial charge is 0.258 e. The Kier molecular flexibility index (Phi) is 5.71. The molecule has 0 spiro atoms. The molecule has 0 saturated heterocycles. The maximum Gasteiger partial charge on any atom is 0.258 e. The third-order valence-corrected chi connectivity index (χ3v) is 4.45. The third-order valence-electron chi connectivity index (χ3n) is 4.09. The van der Waals surface area contributed by atoms with Crippen molar-refractivity contribution in [2.75, 3.05) is 0 Å². The molecule has 0 aliphatic carbocycles. The molecule has 2 N–H and O–H groups in total. The number of carbonyl (C=O) groups excluding carboxylic acids is 2. The van der Waals surface area contributed by atoms with Gasteiger partial charge in [0.1, 0.15) is 18.2 Å². The molecule has 0 radical (unpaired) electrons. The molecular weight excluding hydrogens is 371 g/mol. The first-order valence-electron chi connectivity index (χ1n) is 8.44. The minimum absolute atomic E-state index is 0.00439. The van der Waals surface area contributed by atoms with E-state index >= 15 is 0 Å². The summed E-state index contributed by atoms with van der Waals surface area (Å²) in [6.07, 6.45) is 0.389. The molecule has 0 bridgehead atoms. The molecule has 0 aliphatic rings. The third kappa shape index (κ3) is 4.25. The number of halogens is 2. The number of benzene rings is 2. The Labute approximate surface area is 160 Å². The number of nitrogens with zero attached hydrogens (tertiary/aromatic N) is 2. The lowest BCUT2D eigenvalue weighted by Crippen LogP contribution is -2.44. The summed E-state index contributed by atoms with van der Waals surface area (Å²) < 4.78 is 15.5. The van der Waals surface area contributed by atoms with Crippen molar-refractivity contribution in [2.45, 2.75) is 26.3 Å². The van der Waals surface area contributed by atoms with E-state index in [-0.39, 0.29) is 23.6 Å². The number of hydrazine groups is 1. The first-order chi connectivity index (χ1) is 13.0. The van der Waals surface area contributed by atoms with Crippen molar-refractivity contribution in [2.24, 2.45) is 0 Å². The number of hydrogen-bond donors (Lipinski definition) is 2. The van der Waals surface area contributed by atoms with Crippen molar-refractivity contribution < 1.29 is 14.0 Å². The predicted octanol–water partition coefficient (Wildman–Crippen LogP) is 2.78. The number of aryl methyl sites for hydroxylation is 1. The van der Waals surface area contributed by atoms with Gasteiger partial charge in [0.15, 0.2) is 0 Å². The molecule has 27 heavy (non-hydrogen) atoms. The number of carbonyl (C=O) groups is 2. The highest BCUT2D eigenvalue weighted by molar-refractivity contribution is 6.31. The summed E-state index contributed by atoms with van der Waals surface area (Å²) >= 11 is 5.90. The Morgan fingerprint density at radius 3 is 2.59 bits per heavy atom. The number of imidazole rings is 1. The first kappa shape index (κ1) is 18.8. The molecule has 3 aromatic rings. The number of rotatable bonds is 5. The molecule has 3 rings (SSSR count). The zero-order valence-corrected chi connectivity index (χ0v) is 15.4. The molecule has 1 heterocycles. The summed E-state index contributed by atoms with van der Waals surface area (Å²) in [5, 5.41) is 0.161. The molecule has 2 aromatic carbocycles. The molecular formula is C19H18ClFN4O2. The second kappa shape index (κ2) is 8.18. The number of hydrogen-bond acceptors (Lipinski definition) is 3. The monoisotopic (exact) mass is 388 g/mol. The predicted molar refractivity (Wildman–Crippen MR) is 101 cm³/mol. The van der Waals surface area contributed by atoms with E-state index in [1.165, 1.54) is 18.2 Å². The molecule has 0 saturated carbocycles. The van der Waals surface area contributed by atoms with Gasteiger partial charge in [-0.1, -0.05) is 36.7 Å². The summed E-state index contributed by atoms with van der Waals surface area (Å²) in [7, 11) is 0. The van der Waals surface area contributed by atoms with Gasteiger partial charge in [0.2, 0.25) is 5.91 Å². The van der Waals surface area contributed by atoms with Crippen molar-refractivity contribution in [3.63, 3.8) is 0 Å². The molecule has 6 nitrogen and oxygen atoms in total. The summed E-state index contributed by atoms with van der Waals surface area (Å²) in [5.41, 5.74) is 6.36. The van der Waals surface area contributed by atoms with Gasteiger partial charge in [-0.2, -0.15) is 0 Å². The van der Waals surface area contributed by atoms with Crippen LogP contribution in [0.1, 0.15) is 18.3 Å². The maximum absolute atomic E-state index is 13.7. The van der Waals surface area contributed by atoms with Gasteiger partial charge >= 0.3 is 0 Å². The highest BCUT2D eigenvalue weighted by atomic mass is 35.5. The zero-order chi connectivity index (χ0) is 19.4. The van der Waals surface area contributed by atoms with Crippen LogP contribution in [0.2, 0.25) is 5.02 Å². The Hall–Kier alpha value is -2.93. The van der Waals surface area contributed by atoms with Crippen LogP contribution in [-0.2, 0) is 29.0 Å². The van der Waals surface area contributed by atoms with Gasteiger partial charge in [-0.25, -0.2) is 9.37 Å². The van der Waals surface area contributed by atoms with E-state index in [1.54, 1.807) is 4.57 Å². The van der Waals surface area contributed by atoms with Gasteiger partial charge in [-0.3, -0.25) is 20.4 Å². The number of aromatic nitrogens is 2. The largest absolute Gasteiger partial charge is 0.318 e. The van der Waals surface area contributed by atoms with E-state index in [0.717, 1.165) is 16.9 Å². The van der Waals surface area contributed by atoms with E-state index in [2.05, 4.69) is 15.8 Å². The SMILES string of the molecule is CCc1nc2ccccc2n1CC(=O)NNC(=O)Cc1c(F)cccc1Cl. The van der Waals surface area contributed by atoms with Crippen molar-refractivity contribution in [1.82, 2.24) is 20.4 Å². The van der Waals surface area contributed by atoms with Gasteiger partial charge < -0.3 is 4.57 Å². The summed E-state index contributed by atoms with van der Waals surface area (Å²) in [4.78, 5) is 28.7. The Morgan fingerprint density at radius 1 is 1.11 bits per heavy atom. The van der Waals surface area contributed by atoms with E-state index in [9.17, 15) is 14.0 Å². The van der Waals surface area contributed by atoms with Crippen LogP contribution in [0.25, 0.3) is 11.0 Å². The Morgan fingerprint density at radius 2 is 1.85 bits per heavy atom. The normalized spacial score (nSPS) is 10.8. The lowest BCUT2D eigenvalue weighted by molar-refractivity contribution is -0.128. The highest BCUT2D eigenvalue weighted by Gasteiger charge is 2.15. The average molecular weight is 389 g/mol. The average Bonchev–Trinajstić information content (AvgIpc) is 3.01. The molecule has 2 amide bonds. The zero-order valence-electron chi connectivity index (χ0n) is 14.6. The molecule has 140 valence electrons. The van der Waals surface area contributed by atoms with Crippen LogP contribution in [0.15, 0.2) is 42.5 Å².